The Morgan fingerprint density at radius 2 is 1.16 bits per heavy atom. The van der Waals surface area contributed by atoms with Crippen molar-refractivity contribution in [1.29, 1.82) is 0 Å². The van der Waals surface area contributed by atoms with Crippen LogP contribution in [0.4, 0.5) is 0 Å². The Hall–Kier alpha value is -2.70. The summed E-state index contributed by atoms with van der Waals surface area (Å²) in [5.74, 6) is -0.799. The van der Waals surface area contributed by atoms with Gasteiger partial charge < -0.3 is 4.74 Å². The van der Waals surface area contributed by atoms with E-state index in [0.717, 1.165) is 0 Å². The molecule has 2 aromatic heterocycles. The maximum absolute atomic E-state index is 11.4. The van der Waals surface area contributed by atoms with Crippen molar-refractivity contribution in [3.8, 4) is 0 Å². The number of hydrogen-bond donors (Lipinski definition) is 0. The van der Waals surface area contributed by atoms with Crippen LogP contribution in [0, 0.1) is 0 Å². The van der Waals surface area contributed by atoms with Gasteiger partial charge in [0.15, 0.2) is 0 Å². The molecule has 2 heterocycles. The molecule has 0 N–H and O–H groups in total. The first kappa shape index (κ1) is 12.7. The molecule has 0 amide bonds. The molecule has 7 heteroatoms. The molecule has 19 heavy (non-hydrogen) atoms. The second kappa shape index (κ2) is 6.29. The van der Waals surface area contributed by atoms with E-state index in [1.807, 2.05) is 0 Å². The number of carbonyl (C=O) groups is 2. The molecule has 0 bridgehead atoms. The van der Waals surface area contributed by atoms with Gasteiger partial charge in [0, 0.05) is 24.8 Å². The normalized spacial score (nSPS) is 9.89. The largest absolute Gasteiger partial charge is 0.392 e. The Balaban J connectivity index is 1.84. The van der Waals surface area contributed by atoms with Gasteiger partial charge in [-0.05, 0) is 12.1 Å². The van der Waals surface area contributed by atoms with E-state index in [1.165, 1.54) is 24.8 Å². The van der Waals surface area contributed by atoms with Crippen LogP contribution >= 0.6 is 0 Å². The summed E-state index contributed by atoms with van der Waals surface area (Å²) in [4.78, 5) is 38.3. The van der Waals surface area contributed by atoms with Gasteiger partial charge in [-0.3, -0.25) is 9.59 Å². The van der Waals surface area contributed by atoms with E-state index < -0.39 is 11.9 Å². The average molecular weight is 258 g/mol. The van der Waals surface area contributed by atoms with Gasteiger partial charge >= 0.3 is 11.9 Å². The number of esters is 2. The predicted molar refractivity (Wildman–Crippen MR) is 62.6 cm³/mol. The number of nitrogens with zero attached hydrogens (tertiary/aromatic N) is 4. The fraction of sp³-hybridized carbons (Fsp3) is 0.167. The van der Waals surface area contributed by atoms with Crippen molar-refractivity contribution < 1.29 is 14.3 Å². The third kappa shape index (κ3) is 4.23. The van der Waals surface area contributed by atoms with E-state index in [9.17, 15) is 9.59 Å². The SMILES string of the molecule is O=C(Cc1ncccn1)OC(=O)Cc1ncccn1. The monoisotopic (exact) mass is 258 g/mol. The minimum Gasteiger partial charge on any atom is -0.392 e. The van der Waals surface area contributed by atoms with Crippen LogP contribution in [0.5, 0.6) is 0 Å². The molecule has 0 radical (unpaired) electrons. The fourth-order valence-electron chi connectivity index (χ4n) is 1.30. The van der Waals surface area contributed by atoms with E-state index in [4.69, 9.17) is 0 Å². The molecule has 0 unspecified atom stereocenters. The molecular formula is C12H10N4O3. The van der Waals surface area contributed by atoms with Crippen LogP contribution in [0.1, 0.15) is 11.6 Å². The second-order valence-corrected chi connectivity index (χ2v) is 3.53. The summed E-state index contributed by atoms with van der Waals surface area (Å²) in [7, 11) is 0. The Labute approximate surface area is 108 Å². The van der Waals surface area contributed by atoms with Gasteiger partial charge in [-0.1, -0.05) is 0 Å². The quantitative estimate of drug-likeness (QED) is 0.567. The molecule has 0 aliphatic heterocycles. The standard InChI is InChI=1S/C12H10N4O3/c17-11(7-9-13-3-1-4-14-9)19-12(18)8-10-15-5-2-6-16-10/h1-6H,7-8H2. The molecule has 0 saturated heterocycles. The Morgan fingerprint density at radius 1 is 0.789 bits per heavy atom. The van der Waals surface area contributed by atoms with Crippen LogP contribution in [0.2, 0.25) is 0 Å². The van der Waals surface area contributed by atoms with Crippen LogP contribution in [0.25, 0.3) is 0 Å². The van der Waals surface area contributed by atoms with Crippen molar-refractivity contribution in [3.05, 3.63) is 48.6 Å². The number of ether oxygens (including phenoxy) is 1. The van der Waals surface area contributed by atoms with Gasteiger partial charge in [0.25, 0.3) is 0 Å². The Kier molecular flexibility index (Phi) is 4.22. The summed E-state index contributed by atoms with van der Waals surface area (Å²) in [5, 5.41) is 0. The highest BCUT2D eigenvalue weighted by Gasteiger charge is 2.14. The molecular weight excluding hydrogens is 248 g/mol. The van der Waals surface area contributed by atoms with Crippen LogP contribution < -0.4 is 0 Å². The topological polar surface area (TPSA) is 94.9 Å². The molecule has 0 fully saturated rings. The van der Waals surface area contributed by atoms with Crippen LogP contribution in [0.15, 0.2) is 36.9 Å². The Morgan fingerprint density at radius 3 is 1.53 bits per heavy atom. The zero-order chi connectivity index (χ0) is 13.5. The fourth-order valence-corrected chi connectivity index (χ4v) is 1.30. The first-order chi connectivity index (χ1) is 9.24. The third-order valence-electron chi connectivity index (χ3n) is 2.07. The first-order valence-corrected chi connectivity index (χ1v) is 5.49. The highest BCUT2D eigenvalue weighted by molar-refractivity contribution is 5.86. The molecule has 0 aromatic carbocycles. The molecule has 7 nitrogen and oxygen atoms in total. The van der Waals surface area contributed by atoms with Crippen molar-refractivity contribution in [2.75, 3.05) is 0 Å². The maximum Gasteiger partial charge on any atom is 0.321 e. The summed E-state index contributed by atoms with van der Waals surface area (Å²) < 4.78 is 4.62. The van der Waals surface area contributed by atoms with Gasteiger partial charge in [-0.25, -0.2) is 19.9 Å². The maximum atomic E-state index is 11.4. The summed E-state index contributed by atoms with van der Waals surface area (Å²) in [6, 6.07) is 3.26. The molecule has 0 aliphatic rings. The van der Waals surface area contributed by atoms with E-state index >= 15 is 0 Å². The molecule has 0 saturated carbocycles. The van der Waals surface area contributed by atoms with E-state index in [-0.39, 0.29) is 12.8 Å². The highest BCUT2D eigenvalue weighted by Crippen LogP contribution is 1.96. The molecule has 2 aromatic rings. The minimum absolute atomic E-state index is 0.151. The lowest BCUT2D eigenvalue weighted by Gasteiger charge is -2.01. The number of hydrogen-bond acceptors (Lipinski definition) is 7. The smallest absolute Gasteiger partial charge is 0.321 e. The van der Waals surface area contributed by atoms with Gasteiger partial charge in [-0.15, -0.1) is 0 Å². The minimum atomic E-state index is -0.702. The van der Waals surface area contributed by atoms with Crippen LogP contribution in [-0.2, 0) is 27.2 Å². The second-order valence-electron chi connectivity index (χ2n) is 3.53. The molecule has 96 valence electrons. The van der Waals surface area contributed by atoms with E-state index in [2.05, 4.69) is 24.7 Å². The van der Waals surface area contributed by atoms with Gasteiger partial charge in [0.05, 0.1) is 0 Å². The first-order valence-electron chi connectivity index (χ1n) is 5.49. The van der Waals surface area contributed by atoms with Crippen molar-refractivity contribution in [3.63, 3.8) is 0 Å². The van der Waals surface area contributed by atoms with Gasteiger partial charge in [0.1, 0.15) is 24.5 Å². The third-order valence-corrected chi connectivity index (χ3v) is 2.07. The zero-order valence-electron chi connectivity index (χ0n) is 9.89. The number of carbonyl (C=O) groups excluding carboxylic acids is 2. The van der Waals surface area contributed by atoms with Crippen molar-refractivity contribution in [1.82, 2.24) is 19.9 Å². The number of rotatable bonds is 4. The predicted octanol–water partition coefficient (Wildman–Crippen LogP) is 0.122. The zero-order valence-corrected chi connectivity index (χ0v) is 9.89. The van der Waals surface area contributed by atoms with Crippen LogP contribution in [-0.4, -0.2) is 31.9 Å². The molecule has 2 rings (SSSR count). The lowest BCUT2D eigenvalue weighted by Crippen LogP contribution is -2.18. The van der Waals surface area contributed by atoms with Gasteiger partial charge in [-0.2, -0.15) is 0 Å². The summed E-state index contributed by atoms with van der Waals surface area (Å²) in [5.41, 5.74) is 0. The summed E-state index contributed by atoms with van der Waals surface area (Å²) in [6.45, 7) is 0. The molecule has 0 atom stereocenters. The van der Waals surface area contributed by atoms with Gasteiger partial charge in [0.2, 0.25) is 0 Å². The lowest BCUT2D eigenvalue weighted by atomic mass is 10.4. The van der Waals surface area contributed by atoms with E-state index in [1.54, 1.807) is 12.1 Å². The van der Waals surface area contributed by atoms with E-state index in [0.29, 0.717) is 11.6 Å². The van der Waals surface area contributed by atoms with Crippen molar-refractivity contribution in [2.24, 2.45) is 0 Å². The van der Waals surface area contributed by atoms with Crippen molar-refractivity contribution >= 4 is 11.9 Å². The highest BCUT2D eigenvalue weighted by atomic mass is 16.6. The number of aromatic nitrogens is 4. The summed E-state index contributed by atoms with van der Waals surface area (Å²) in [6.07, 6.45) is 5.74. The lowest BCUT2D eigenvalue weighted by molar-refractivity contribution is -0.158. The molecule has 0 spiro atoms. The van der Waals surface area contributed by atoms with Crippen molar-refractivity contribution in [2.45, 2.75) is 12.8 Å². The average Bonchev–Trinajstić information content (AvgIpc) is 2.40. The molecule has 0 aliphatic carbocycles. The van der Waals surface area contributed by atoms with Crippen LogP contribution in [0.3, 0.4) is 0 Å². The Bertz CT molecular complexity index is 508. The summed E-state index contributed by atoms with van der Waals surface area (Å²) >= 11 is 0.